The molecule has 2 saturated heterocycles. The third kappa shape index (κ3) is 4.21. The zero-order valence-corrected chi connectivity index (χ0v) is 17.3. The summed E-state index contributed by atoms with van der Waals surface area (Å²) >= 11 is 0. The highest BCUT2D eigenvalue weighted by atomic mass is 16.2. The molecule has 28 heavy (non-hydrogen) atoms. The zero-order chi connectivity index (χ0) is 19.7. The van der Waals surface area contributed by atoms with Crippen LogP contribution in [-0.4, -0.2) is 42.0 Å². The van der Waals surface area contributed by atoms with Crippen LogP contribution in [0.3, 0.4) is 0 Å². The second-order valence-electron chi connectivity index (χ2n) is 9.54. The minimum atomic E-state index is 0.0573. The summed E-state index contributed by atoms with van der Waals surface area (Å²) in [6.07, 6.45) is 5.52. The smallest absolute Gasteiger partial charge is 0.223 e. The number of carbonyl (C=O) groups is 1. The number of hydrogen-bond acceptors (Lipinski definition) is 3. The number of nitrogens with zero attached hydrogens (tertiary/aromatic N) is 3. The second kappa shape index (κ2) is 7.57. The Kier molecular flexibility index (Phi) is 5.13. The molecule has 148 valence electrons. The lowest BCUT2D eigenvalue weighted by atomic mass is 9.91. The topological polar surface area (TPSA) is 36.4 Å². The van der Waals surface area contributed by atoms with Gasteiger partial charge in [0, 0.05) is 62.5 Å². The van der Waals surface area contributed by atoms with Gasteiger partial charge in [0.15, 0.2) is 0 Å². The predicted octanol–water partition coefficient (Wildman–Crippen LogP) is 4.44. The van der Waals surface area contributed by atoms with E-state index >= 15 is 0 Å². The van der Waals surface area contributed by atoms with Gasteiger partial charge in [0.05, 0.1) is 0 Å². The Hall–Kier alpha value is -2.36. The number of rotatable bonds is 4. The van der Waals surface area contributed by atoms with Crippen molar-refractivity contribution in [3.63, 3.8) is 0 Å². The standard InChI is InChI=1S/C24H31N3O/c1-24(2,3)13-23(28)26-12-10-20(15-26)18-6-8-22(9-7-18)27-16-21(17-27)19-5-4-11-25-14-19/h4-9,11,14,20-21H,10,12-13,15-17H2,1-3H3. The predicted molar refractivity (Wildman–Crippen MR) is 114 cm³/mol. The van der Waals surface area contributed by atoms with E-state index in [0.717, 1.165) is 32.6 Å². The molecule has 0 aliphatic carbocycles. The molecule has 4 nitrogen and oxygen atoms in total. The maximum atomic E-state index is 12.5. The molecular weight excluding hydrogens is 346 g/mol. The van der Waals surface area contributed by atoms with Gasteiger partial charge >= 0.3 is 0 Å². The van der Waals surface area contributed by atoms with E-state index in [9.17, 15) is 4.79 Å². The maximum Gasteiger partial charge on any atom is 0.223 e. The van der Waals surface area contributed by atoms with Crippen LogP contribution in [0.15, 0.2) is 48.8 Å². The van der Waals surface area contributed by atoms with E-state index in [2.05, 4.69) is 65.9 Å². The molecule has 2 fully saturated rings. The molecule has 1 aromatic heterocycles. The molecule has 2 aliphatic rings. The van der Waals surface area contributed by atoms with Crippen molar-refractivity contribution in [2.75, 3.05) is 31.1 Å². The van der Waals surface area contributed by atoms with Crippen molar-refractivity contribution in [1.29, 1.82) is 0 Å². The maximum absolute atomic E-state index is 12.5. The van der Waals surface area contributed by atoms with Crippen LogP contribution >= 0.6 is 0 Å². The van der Waals surface area contributed by atoms with Crippen molar-refractivity contribution >= 4 is 11.6 Å². The van der Waals surface area contributed by atoms with Crippen LogP contribution in [0.5, 0.6) is 0 Å². The number of carbonyl (C=O) groups excluding carboxylic acids is 1. The van der Waals surface area contributed by atoms with Crippen molar-refractivity contribution < 1.29 is 4.79 Å². The fraction of sp³-hybridized carbons (Fsp3) is 0.500. The molecular formula is C24H31N3O. The minimum Gasteiger partial charge on any atom is -0.370 e. The molecule has 0 saturated carbocycles. The van der Waals surface area contributed by atoms with E-state index < -0.39 is 0 Å². The third-order valence-electron chi connectivity index (χ3n) is 5.99. The highest BCUT2D eigenvalue weighted by molar-refractivity contribution is 5.77. The van der Waals surface area contributed by atoms with Gasteiger partial charge in [-0.3, -0.25) is 9.78 Å². The molecule has 1 atom stereocenters. The monoisotopic (exact) mass is 377 g/mol. The Morgan fingerprint density at radius 2 is 1.79 bits per heavy atom. The molecule has 0 spiro atoms. The summed E-state index contributed by atoms with van der Waals surface area (Å²) in [4.78, 5) is 21.2. The number of likely N-dealkylation sites (tertiary alicyclic amines) is 1. The largest absolute Gasteiger partial charge is 0.370 e. The Bertz CT molecular complexity index is 804. The van der Waals surface area contributed by atoms with E-state index in [0.29, 0.717) is 24.2 Å². The highest BCUT2D eigenvalue weighted by Gasteiger charge is 2.31. The van der Waals surface area contributed by atoms with Crippen LogP contribution in [0, 0.1) is 5.41 Å². The first kappa shape index (κ1) is 19.0. The Morgan fingerprint density at radius 1 is 1.04 bits per heavy atom. The van der Waals surface area contributed by atoms with Crippen LogP contribution in [0.1, 0.15) is 56.6 Å². The quantitative estimate of drug-likeness (QED) is 0.790. The molecule has 1 unspecified atom stereocenters. The second-order valence-corrected chi connectivity index (χ2v) is 9.54. The lowest BCUT2D eigenvalue weighted by Gasteiger charge is -2.41. The summed E-state index contributed by atoms with van der Waals surface area (Å²) in [5.74, 6) is 1.36. The minimum absolute atomic E-state index is 0.0573. The Balaban J connectivity index is 1.32. The van der Waals surface area contributed by atoms with Crippen molar-refractivity contribution in [3.8, 4) is 0 Å². The van der Waals surface area contributed by atoms with E-state index in [4.69, 9.17) is 0 Å². The van der Waals surface area contributed by atoms with E-state index in [1.165, 1.54) is 16.8 Å². The van der Waals surface area contributed by atoms with Crippen LogP contribution in [-0.2, 0) is 4.79 Å². The highest BCUT2D eigenvalue weighted by Crippen LogP contribution is 2.34. The van der Waals surface area contributed by atoms with Gasteiger partial charge in [-0.05, 0) is 41.2 Å². The Morgan fingerprint density at radius 3 is 2.43 bits per heavy atom. The molecule has 3 heterocycles. The fourth-order valence-electron chi connectivity index (χ4n) is 4.30. The van der Waals surface area contributed by atoms with Crippen LogP contribution in [0.25, 0.3) is 0 Å². The number of pyridine rings is 1. The SMILES string of the molecule is CC(C)(C)CC(=O)N1CCC(c2ccc(N3CC(c4cccnc4)C3)cc2)C1. The van der Waals surface area contributed by atoms with Crippen molar-refractivity contribution in [3.05, 3.63) is 59.9 Å². The van der Waals surface area contributed by atoms with Crippen LogP contribution in [0.2, 0.25) is 0 Å². The molecule has 1 amide bonds. The summed E-state index contributed by atoms with van der Waals surface area (Å²) in [6.45, 7) is 10.3. The average molecular weight is 378 g/mol. The van der Waals surface area contributed by atoms with Gasteiger partial charge in [-0.15, -0.1) is 0 Å². The zero-order valence-electron chi connectivity index (χ0n) is 17.3. The van der Waals surface area contributed by atoms with Crippen LogP contribution in [0.4, 0.5) is 5.69 Å². The normalized spacial score (nSPS) is 20.3. The molecule has 2 aromatic rings. The van der Waals surface area contributed by atoms with Gasteiger partial charge in [-0.1, -0.05) is 39.0 Å². The summed E-state index contributed by atoms with van der Waals surface area (Å²) in [5, 5.41) is 0. The summed E-state index contributed by atoms with van der Waals surface area (Å²) in [7, 11) is 0. The number of hydrogen-bond donors (Lipinski definition) is 0. The van der Waals surface area contributed by atoms with Gasteiger partial charge in [0.2, 0.25) is 5.91 Å². The van der Waals surface area contributed by atoms with E-state index in [1.54, 1.807) is 0 Å². The third-order valence-corrected chi connectivity index (χ3v) is 5.99. The molecule has 0 radical (unpaired) electrons. The molecule has 1 aromatic carbocycles. The lowest BCUT2D eigenvalue weighted by molar-refractivity contribution is -0.132. The molecule has 0 bridgehead atoms. The van der Waals surface area contributed by atoms with E-state index in [1.807, 2.05) is 18.5 Å². The fourth-order valence-corrected chi connectivity index (χ4v) is 4.30. The molecule has 4 heteroatoms. The summed E-state index contributed by atoms with van der Waals surface area (Å²) < 4.78 is 0. The number of benzene rings is 1. The van der Waals surface area contributed by atoms with Gasteiger partial charge in [-0.2, -0.15) is 0 Å². The number of aromatic nitrogens is 1. The Labute approximate surface area is 168 Å². The summed E-state index contributed by atoms with van der Waals surface area (Å²) in [6, 6.07) is 13.2. The first-order chi connectivity index (χ1) is 13.4. The van der Waals surface area contributed by atoms with Gasteiger partial charge in [0.25, 0.3) is 0 Å². The molecule has 4 rings (SSSR count). The van der Waals surface area contributed by atoms with Crippen LogP contribution < -0.4 is 4.90 Å². The van der Waals surface area contributed by atoms with E-state index in [-0.39, 0.29) is 5.41 Å². The first-order valence-corrected chi connectivity index (χ1v) is 10.4. The van der Waals surface area contributed by atoms with Crippen molar-refractivity contribution in [1.82, 2.24) is 9.88 Å². The molecule has 0 N–H and O–H groups in total. The number of amides is 1. The van der Waals surface area contributed by atoms with Gasteiger partial charge < -0.3 is 9.80 Å². The molecule has 2 aliphatic heterocycles. The van der Waals surface area contributed by atoms with Gasteiger partial charge in [-0.25, -0.2) is 0 Å². The lowest BCUT2D eigenvalue weighted by Crippen LogP contribution is -2.45. The van der Waals surface area contributed by atoms with Gasteiger partial charge in [0.1, 0.15) is 0 Å². The van der Waals surface area contributed by atoms with Crippen molar-refractivity contribution in [2.24, 2.45) is 5.41 Å². The van der Waals surface area contributed by atoms with Crippen molar-refractivity contribution in [2.45, 2.75) is 45.4 Å². The number of anilines is 1. The first-order valence-electron chi connectivity index (χ1n) is 10.4. The average Bonchev–Trinajstić information content (AvgIpc) is 3.11. The summed E-state index contributed by atoms with van der Waals surface area (Å²) in [5.41, 5.74) is 4.05.